The molecular formula is C16H28N2O2. The van der Waals surface area contributed by atoms with Crippen LogP contribution in [0.5, 0.6) is 0 Å². The molecule has 1 fully saturated rings. The minimum atomic E-state index is -0.347. The summed E-state index contributed by atoms with van der Waals surface area (Å²) in [7, 11) is 0. The van der Waals surface area contributed by atoms with Crippen LogP contribution in [-0.4, -0.2) is 17.9 Å². The zero-order chi connectivity index (χ0) is 16.0. The molecule has 0 aromatic heterocycles. The van der Waals surface area contributed by atoms with Crippen LogP contribution in [0.15, 0.2) is 36.6 Å². The molecule has 0 aromatic rings. The van der Waals surface area contributed by atoms with E-state index in [0.29, 0.717) is 12.8 Å². The Labute approximate surface area is 123 Å². The molecule has 1 rings (SSSR count). The molecule has 1 saturated heterocycles. The van der Waals surface area contributed by atoms with Gasteiger partial charge in [-0.2, -0.15) is 0 Å². The van der Waals surface area contributed by atoms with E-state index < -0.39 is 0 Å². The molecule has 1 unspecified atom stereocenters. The third-order valence-corrected chi connectivity index (χ3v) is 2.22. The average Bonchev–Trinajstić information content (AvgIpc) is 2.47. The van der Waals surface area contributed by atoms with E-state index in [-0.39, 0.29) is 17.9 Å². The third-order valence-electron chi connectivity index (χ3n) is 2.22. The highest BCUT2D eigenvalue weighted by Gasteiger charge is 2.26. The topological polar surface area (TPSA) is 58.2 Å². The van der Waals surface area contributed by atoms with Crippen molar-refractivity contribution in [1.82, 2.24) is 10.6 Å². The lowest BCUT2D eigenvalue weighted by atomic mass is 10.1. The second-order valence-electron chi connectivity index (χ2n) is 3.51. The van der Waals surface area contributed by atoms with Gasteiger partial charge in [0.05, 0.1) is 0 Å². The zero-order valence-corrected chi connectivity index (χ0v) is 13.3. The van der Waals surface area contributed by atoms with Crippen LogP contribution in [-0.2, 0) is 9.59 Å². The van der Waals surface area contributed by atoms with E-state index in [1.54, 1.807) is 12.2 Å². The first-order chi connectivity index (χ1) is 9.67. The molecule has 114 valence electrons. The summed E-state index contributed by atoms with van der Waals surface area (Å²) in [6.07, 6.45) is 8.05. The van der Waals surface area contributed by atoms with Crippen molar-refractivity contribution in [3.8, 4) is 0 Å². The molecule has 2 amide bonds. The van der Waals surface area contributed by atoms with Crippen LogP contribution in [0.2, 0.25) is 0 Å². The summed E-state index contributed by atoms with van der Waals surface area (Å²) in [6.45, 7) is 13.5. The smallest absolute Gasteiger partial charge is 0.249 e. The first kappa shape index (κ1) is 20.5. The normalized spacial score (nSPS) is 18.2. The molecule has 4 nitrogen and oxygen atoms in total. The van der Waals surface area contributed by atoms with Crippen molar-refractivity contribution in [3.05, 3.63) is 36.6 Å². The quantitative estimate of drug-likeness (QED) is 0.614. The van der Waals surface area contributed by atoms with Crippen LogP contribution >= 0.6 is 0 Å². The molecule has 0 saturated carbocycles. The summed E-state index contributed by atoms with van der Waals surface area (Å²) in [4.78, 5) is 22.4. The number of carbonyl (C=O) groups is 2. The molecule has 1 heterocycles. The van der Waals surface area contributed by atoms with Gasteiger partial charge < -0.3 is 5.32 Å². The van der Waals surface area contributed by atoms with Crippen LogP contribution in [0.4, 0.5) is 0 Å². The maximum Gasteiger partial charge on any atom is 0.249 e. The largest absolute Gasteiger partial charge is 0.374 e. The molecule has 0 aromatic carbocycles. The molecule has 20 heavy (non-hydrogen) atoms. The number of piperidine rings is 1. The van der Waals surface area contributed by atoms with E-state index in [2.05, 4.69) is 17.2 Å². The Balaban J connectivity index is 0. The lowest BCUT2D eigenvalue weighted by Crippen LogP contribution is -2.50. The SMILES string of the molecule is C=C/C=C(\C=C/C)NC1CCC(=O)NC1=O.CC.CC. The van der Waals surface area contributed by atoms with E-state index in [4.69, 9.17) is 0 Å². The predicted molar refractivity (Wildman–Crippen MR) is 85.1 cm³/mol. The first-order valence-corrected chi connectivity index (χ1v) is 7.23. The molecule has 1 aliphatic heterocycles. The van der Waals surface area contributed by atoms with Crippen LogP contribution in [0.25, 0.3) is 0 Å². The van der Waals surface area contributed by atoms with E-state index in [1.807, 2.05) is 46.8 Å². The number of amides is 2. The van der Waals surface area contributed by atoms with Crippen molar-refractivity contribution in [2.45, 2.75) is 53.5 Å². The van der Waals surface area contributed by atoms with Crippen molar-refractivity contribution in [1.29, 1.82) is 0 Å². The van der Waals surface area contributed by atoms with Gasteiger partial charge in [0, 0.05) is 12.1 Å². The van der Waals surface area contributed by atoms with Gasteiger partial charge in [-0.25, -0.2) is 0 Å². The van der Waals surface area contributed by atoms with Gasteiger partial charge in [0.2, 0.25) is 11.8 Å². The van der Waals surface area contributed by atoms with E-state index in [1.165, 1.54) is 0 Å². The Bertz CT molecular complexity index is 357. The van der Waals surface area contributed by atoms with Crippen LogP contribution in [0, 0.1) is 0 Å². The number of nitrogens with one attached hydrogen (secondary N) is 2. The number of allylic oxidation sites excluding steroid dienone is 4. The number of carbonyl (C=O) groups excluding carboxylic acids is 2. The number of rotatable bonds is 4. The summed E-state index contributed by atoms with van der Waals surface area (Å²) in [5.41, 5.74) is 0.812. The second-order valence-corrected chi connectivity index (χ2v) is 3.51. The Morgan fingerprint density at radius 2 is 1.90 bits per heavy atom. The number of hydrogen-bond acceptors (Lipinski definition) is 3. The Kier molecular flexibility index (Phi) is 13.9. The molecule has 1 aliphatic rings. The monoisotopic (exact) mass is 280 g/mol. The zero-order valence-electron chi connectivity index (χ0n) is 13.3. The minimum absolute atomic E-state index is 0.205. The molecule has 1 atom stereocenters. The molecule has 2 N–H and O–H groups in total. The van der Waals surface area contributed by atoms with Gasteiger partial charge in [0.25, 0.3) is 0 Å². The third kappa shape index (κ3) is 8.29. The van der Waals surface area contributed by atoms with Crippen LogP contribution in [0.3, 0.4) is 0 Å². The summed E-state index contributed by atoms with van der Waals surface area (Å²) in [5, 5.41) is 5.37. The van der Waals surface area contributed by atoms with E-state index in [9.17, 15) is 9.59 Å². The molecule has 0 radical (unpaired) electrons. The Morgan fingerprint density at radius 3 is 2.35 bits per heavy atom. The van der Waals surface area contributed by atoms with Crippen molar-refractivity contribution >= 4 is 11.8 Å². The maximum atomic E-state index is 11.5. The lowest BCUT2D eigenvalue weighted by Gasteiger charge is -2.23. The van der Waals surface area contributed by atoms with E-state index in [0.717, 1.165) is 5.70 Å². The van der Waals surface area contributed by atoms with Gasteiger partial charge in [-0.1, -0.05) is 46.4 Å². The fourth-order valence-corrected chi connectivity index (χ4v) is 1.49. The molecule has 0 aliphatic carbocycles. The predicted octanol–water partition coefficient (Wildman–Crippen LogP) is 3.08. The molecule has 0 spiro atoms. The van der Waals surface area contributed by atoms with Gasteiger partial charge in [0.15, 0.2) is 0 Å². The minimum Gasteiger partial charge on any atom is -0.374 e. The first-order valence-electron chi connectivity index (χ1n) is 7.23. The molecule has 0 bridgehead atoms. The van der Waals surface area contributed by atoms with Crippen molar-refractivity contribution in [2.24, 2.45) is 0 Å². The summed E-state index contributed by atoms with van der Waals surface area (Å²) in [5.74, 6) is -0.473. The molecular weight excluding hydrogens is 252 g/mol. The fourth-order valence-electron chi connectivity index (χ4n) is 1.49. The standard InChI is InChI=1S/C12H16N2O2.2C2H6/c1-3-5-9(6-4-2)13-10-7-8-11(15)14-12(10)16;2*1-2/h3-6,10,13H,1,7-8H2,2H3,(H,14,15,16);2*1-2H3/b6-4-,9-5+;;. The second kappa shape index (κ2) is 13.6. The summed E-state index contributed by atoms with van der Waals surface area (Å²) >= 11 is 0. The van der Waals surface area contributed by atoms with Crippen molar-refractivity contribution in [3.63, 3.8) is 0 Å². The Hall–Kier alpha value is -1.84. The fraction of sp³-hybridized carbons (Fsp3) is 0.500. The number of hydrogen-bond donors (Lipinski definition) is 2. The molecule has 4 heteroatoms. The van der Waals surface area contributed by atoms with Crippen molar-refractivity contribution < 1.29 is 9.59 Å². The lowest BCUT2D eigenvalue weighted by molar-refractivity contribution is -0.134. The van der Waals surface area contributed by atoms with Gasteiger partial charge in [0.1, 0.15) is 6.04 Å². The van der Waals surface area contributed by atoms with Gasteiger partial charge in [-0.15, -0.1) is 0 Å². The van der Waals surface area contributed by atoms with E-state index >= 15 is 0 Å². The highest BCUT2D eigenvalue weighted by molar-refractivity contribution is 6.00. The summed E-state index contributed by atoms with van der Waals surface area (Å²) < 4.78 is 0. The Morgan fingerprint density at radius 1 is 1.30 bits per heavy atom. The number of imide groups is 1. The maximum absolute atomic E-state index is 11.5. The average molecular weight is 280 g/mol. The van der Waals surface area contributed by atoms with Crippen LogP contribution in [0.1, 0.15) is 47.5 Å². The summed E-state index contributed by atoms with van der Waals surface area (Å²) in [6, 6.07) is -0.347. The van der Waals surface area contributed by atoms with Gasteiger partial charge in [-0.3, -0.25) is 14.9 Å². The van der Waals surface area contributed by atoms with Crippen molar-refractivity contribution in [2.75, 3.05) is 0 Å². The van der Waals surface area contributed by atoms with Gasteiger partial charge in [-0.05, 0) is 25.5 Å². The highest BCUT2D eigenvalue weighted by Crippen LogP contribution is 2.07. The highest BCUT2D eigenvalue weighted by atomic mass is 16.2. The van der Waals surface area contributed by atoms with Gasteiger partial charge >= 0.3 is 0 Å². The van der Waals surface area contributed by atoms with Crippen LogP contribution < -0.4 is 10.6 Å².